The van der Waals surface area contributed by atoms with Crippen LogP contribution in [0, 0.1) is 0 Å². The summed E-state index contributed by atoms with van der Waals surface area (Å²) >= 11 is 0. The third-order valence-corrected chi connectivity index (χ3v) is 5.53. The third kappa shape index (κ3) is 4.04. The number of aromatic nitrogens is 2. The Morgan fingerprint density at radius 2 is 1.83 bits per heavy atom. The van der Waals surface area contributed by atoms with Crippen molar-refractivity contribution >= 4 is 5.91 Å². The molecule has 0 N–H and O–H groups in total. The maximum atomic E-state index is 13.3. The molecule has 5 nitrogen and oxygen atoms in total. The van der Waals surface area contributed by atoms with Gasteiger partial charge in [0.05, 0.1) is 12.8 Å². The predicted octanol–water partition coefficient (Wildman–Crippen LogP) is 4.56. The van der Waals surface area contributed by atoms with Crippen LogP contribution in [0.5, 0.6) is 5.75 Å². The minimum Gasteiger partial charge on any atom is -0.497 e. The molecule has 0 unspecified atom stereocenters. The van der Waals surface area contributed by atoms with Crippen LogP contribution in [0.1, 0.15) is 41.0 Å². The van der Waals surface area contributed by atoms with Gasteiger partial charge in [0, 0.05) is 25.7 Å². The topological polar surface area (TPSA) is 47.4 Å². The van der Waals surface area contributed by atoms with E-state index in [9.17, 15) is 4.79 Å². The highest BCUT2D eigenvalue weighted by Crippen LogP contribution is 2.28. The van der Waals surface area contributed by atoms with E-state index < -0.39 is 0 Å². The fraction of sp³-hybridized carbons (Fsp3) is 0.333. The summed E-state index contributed by atoms with van der Waals surface area (Å²) in [5.74, 6) is 1.70. The Kier molecular flexibility index (Phi) is 5.65. The van der Waals surface area contributed by atoms with Crippen molar-refractivity contribution in [3.8, 4) is 17.1 Å². The summed E-state index contributed by atoms with van der Waals surface area (Å²) < 4.78 is 7.48. The van der Waals surface area contributed by atoms with Crippen LogP contribution in [0.25, 0.3) is 11.4 Å². The van der Waals surface area contributed by atoms with E-state index in [-0.39, 0.29) is 5.91 Å². The van der Waals surface area contributed by atoms with Crippen molar-refractivity contribution in [3.63, 3.8) is 0 Å². The van der Waals surface area contributed by atoms with Gasteiger partial charge >= 0.3 is 0 Å². The number of benzene rings is 2. The molecule has 0 bridgehead atoms. The zero-order valence-electron chi connectivity index (χ0n) is 17.1. The molecule has 0 fully saturated rings. The summed E-state index contributed by atoms with van der Waals surface area (Å²) in [5, 5.41) is 0. The maximum Gasteiger partial charge on any atom is 0.274 e. The number of hydrogen-bond acceptors (Lipinski definition) is 3. The number of hydrogen-bond donors (Lipinski definition) is 0. The molecule has 1 aromatic heterocycles. The molecule has 2 aromatic carbocycles. The summed E-state index contributed by atoms with van der Waals surface area (Å²) in [7, 11) is 3.50. The van der Waals surface area contributed by atoms with Crippen LogP contribution < -0.4 is 4.74 Å². The molecule has 150 valence electrons. The quantitative estimate of drug-likeness (QED) is 0.643. The van der Waals surface area contributed by atoms with Gasteiger partial charge in [0.25, 0.3) is 5.91 Å². The van der Waals surface area contributed by atoms with Crippen LogP contribution >= 0.6 is 0 Å². The molecule has 0 saturated heterocycles. The van der Waals surface area contributed by atoms with E-state index in [1.54, 1.807) is 12.0 Å². The lowest BCUT2D eigenvalue weighted by atomic mass is 10.1. The molecule has 1 aliphatic rings. The Morgan fingerprint density at radius 3 is 2.55 bits per heavy atom. The van der Waals surface area contributed by atoms with Gasteiger partial charge in [0.1, 0.15) is 17.3 Å². The van der Waals surface area contributed by atoms with Crippen molar-refractivity contribution in [2.75, 3.05) is 14.2 Å². The Labute approximate surface area is 171 Å². The monoisotopic (exact) mass is 389 g/mol. The number of carbonyl (C=O) groups excluding carboxylic acids is 1. The van der Waals surface area contributed by atoms with Gasteiger partial charge in [0.15, 0.2) is 0 Å². The number of ether oxygens (including phenoxy) is 1. The average molecular weight is 389 g/mol. The molecule has 3 aromatic rings. The first-order valence-electron chi connectivity index (χ1n) is 10.2. The number of imidazole rings is 1. The molecular formula is C24H27N3O2. The summed E-state index contributed by atoms with van der Waals surface area (Å²) in [6.45, 7) is 1.46. The first kappa shape index (κ1) is 19.2. The van der Waals surface area contributed by atoms with Crippen LogP contribution in [-0.4, -0.2) is 34.5 Å². The molecule has 1 aliphatic heterocycles. The Morgan fingerprint density at radius 1 is 1.07 bits per heavy atom. The van der Waals surface area contributed by atoms with E-state index in [1.807, 2.05) is 49.5 Å². The lowest BCUT2D eigenvalue weighted by Crippen LogP contribution is -2.27. The molecule has 0 saturated carbocycles. The number of fused-ring (bicyclic) bond motifs is 1. The van der Waals surface area contributed by atoms with E-state index >= 15 is 0 Å². The largest absolute Gasteiger partial charge is 0.497 e. The van der Waals surface area contributed by atoms with E-state index in [0.717, 1.165) is 54.2 Å². The normalized spacial score (nSPS) is 13.4. The highest BCUT2D eigenvalue weighted by molar-refractivity contribution is 5.94. The van der Waals surface area contributed by atoms with Gasteiger partial charge in [-0.2, -0.15) is 0 Å². The van der Waals surface area contributed by atoms with Gasteiger partial charge in [-0.15, -0.1) is 0 Å². The molecule has 29 heavy (non-hydrogen) atoms. The second-order valence-corrected chi connectivity index (χ2v) is 7.57. The number of methoxy groups -OCH3 is 1. The van der Waals surface area contributed by atoms with E-state index in [4.69, 9.17) is 9.72 Å². The van der Waals surface area contributed by atoms with Crippen LogP contribution in [0.2, 0.25) is 0 Å². The second kappa shape index (κ2) is 8.52. The zero-order chi connectivity index (χ0) is 20.2. The van der Waals surface area contributed by atoms with E-state index in [0.29, 0.717) is 12.2 Å². The summed E-state index contributed by atoms with van der Waals surface area (Å²) in [4.78, 5) is 19.9. The summed E-state index contributed by atoms with van der Waals surface area (Å²) in [6, 6.07) is 18.0. The van der Waals surface area contributed by atoms with E-state index in [1.165, 1.54) is 6.42 Å². The highest BCUT2D eigenvalue weighted by atomic mass is 16.5. The average Bonchev–Trinajstić information content (AvgIpc) is 2.95. The SMILES string of the molecule is COc1ccc(CN(C)C(=O)c2nc(-c3ccccc3)n3c2CCCCC3)cc1. The molecule has 0 atom stereocenters. The summed E-state index contributed by atoms with van der Waals surface area (Å²) in [5.41, 5.74) is 3.80. The highest BCUT2D eigenvalue weighted by Gasteiger charge is 2.26. The van der Waals surface area contributed by atoms with Crippen molar-refractivity contribution in [2.45, 2.75) is 38.8 Å². The first-order valence-corrected chi connectivity index (χ1v) is 10.2. The van der Waals surface area contributed by atoms with Gasteiger partial charge in [-0.25, -0.2) is 4.98 Å². The molecular weight excluding hydrogens is 362 g/mol. The van der Waals surface area contributed by atoms with Crippen molar-refractivity contribution in [2.24, 2.45) is 0 Å². The smallest absolute Gasteiger partial charge is 0.274 e. The van der Waals surface area contributed by atoms with Crippen molar-refractivity contribution in [3.05, 3.63) is 71.5 Å². The fourth-order valence-corrected chi connectivity index (χ4v) is 3.96. The number of carbonyl (C=O) groups is 1. The van der Waals surface area contributed by atoms with Crippen LogP contribution in [0.4, 0.5) is 0 Å². The lowest BCUT2D eigenvalue weighted by Gasteiger charge is -2.17. The van der Waals surface area contributed by atoms with Crippen LogP contribution in [0.3, 0.4) is 0 Å². The molecule has 0 aliphatic carbocycles. The molecule has 1 amide bonds. The minimum atomic E-state index is -0.0198. The van der Waals surface area contributed by atoms with Gasteiger partial charge in [-0.3, -0.25) is 4.79 Å². The molecule has 5 heteroatoms. The minimum absolute atomic E-state index is 0.0198. The Hall–Kier alpha value is -3.08. The Balaban J connectivity index is 1.64. The number of amides is 1. The summed E-state index contributed by atoms with van der Waals surface area (Å²) in [6.07, 6.45) is 4.31. The predicted molar refractivity (Wildman–Crippen MR) is 114 cm³/mol. The van der Waals surface area contributed by atoms with Gasteiger partial charge in [0.2, 0.25) is 0 Å². The second-order valence-electron chi connectivity index (χ2n) is 7.57. The molecule has 0 spiro atoms. The van der Waals surface area contributed by atoms with Gasteiger partial charge in [-0.05, 0) is 37.0 Å². The van der Waals surface area contributed by atoms with E-state index in [2.05, 4.69) is 16.7 Å². The number of nitrogens with zero attached hydrogens (tertiary/aromatic N) is 3. The standard InChI is InChI=1S/C24H27N3O2/c1-26(17-18-12-14-20(29-2)15-13-18)24(28)22-21-11-7-4-8-16-27(21)23(25-22)19-9-5-3-6-10-19/h3,5-6,9-10,12-15H,4,7-8,11,16-17H2,1-2H3. The Bertz CT molecular complexity index is 977. The van der Waals surface area contributed by atoms with Gasteiger partial charge in [-0.1, -0.05) is 48.9 Å². The fourth-order valence-electron chi connectivity index (χ4n) is 3.96. The molecule has 0 radical (unpaired) electrons. The van der Waals surface area contributed by atoms with Crippen molar-refractivity contribution < 1.29 is 9.53 Å². The third-order valence-electron chi connectivity index (χ3n) is 5.53. The molecule has 4 rings (SSSR count). The lowest BCUT2D eigenvalue weighted by molar-refractivity contribution is 0.0778. The van der Waals surface area contributed by atoms with Crippen molar-refractivity contribution in [1.82, 2.24) is 14.5 Å². The van der Waals surface area contributed by atoms with Crippen molar-refractivity contribution in [1.29, 1.82) is 0 Å². The maximum absolute atomic E-state index is 13.3. The zero-order valence-corrected chi connectivity index (χ0v) is 17.1. The molecule has 2 heterocycles. The van der Waals surface area contributed by atoms with Crippen LogP contribution in [0.15, 0.2) is 54.6 Å². The first-order chi connectivity index (χ1) is 14.2. The van der Waals surface area contributed by atoms with Crippen LogP contribution in [-0.2, 0) is 19.5 Å². The number of rotatable bonds is 5. The van der Waals surface area contributed by atoms with Gasteiger partial charge < -0.3 is 14.2 Å².